The van der Waals surface area contributed by atoms with Crippen molar-refractivity contribution in [2.45, 2.75) is 0 Å². The van der Waals surface area contributed by atoms with E-state index in [9.17, 15) is 0 Å². The summed E-state index contributed by atoms with van der Waals surface area (Å²) in [6.07, 6.45) is 0. The summed E-state index contributed by atoms with van der Waals surface area (Å²) in [5, 5.41) is 0. The largest absolute Gasteiger partial charge is 0.0623 e. The van der Waals surface area contributed by atoms with Gasteiger partial charge in [0.2, 0.25) is 0 Å². The van der Waals surface area contributed by atoms with Gasteiger partial charge in [0.1, 0.15) is 0 Å². The molecule has 129 valence electrons. The van der Waals surface area contributed by atoms with Crippen LogP contribution in [0.15, 0.2) is 140 Å². The molecule has 0 bridgehead atoms. The van der Waals surface area contributed by atoms with Crippen molar-refractivity contribution in [1.82, 2.24) is 0 Å². The van der Waals surface area contributed by atoms with E-state index in [1.165, 1.54) is 3.61 Å². The molecule has 0 aliphatic carbocycles. The molecule has 0 N–H and O–H groups in total. The van der Waals surface area contributed by atoms with E-state index in [4.69, 9.17) is 0 Å². The van der Waals surface area contributed by atoms with E-state index in [0.29, 0.717) is 0 Å². The van der Waals surface area contributed by atoms with Crippen molar-refractivity contribution in [1.29, 1.82) is 0 Å². The molecule has 0 unspecified atom stereocenters. The van der Waals surface area contributed by atoms with E-state index in [-0.39, 0.29) is 23.9 Å². The summed E-state index contributed by atoms with van der Waals surface area (Å²) in [5.74, 6) is 0. The second kappa shape index (κ2) is 19.8. The first kappa shape index (κ1) is 24.5. The maximum Gasteiger partial charge on any atom is -0.0623 e. The summed E-state index contributed by atoms with van der Waals surface area (Å²) in [7, 11) is 0. The van der Waals surface area contributed by atoms with Crippen LogP contribution in [0.1, 0.15) is 0 Å². The molecular formula is C24H23SnTe. The van der Waals surface area contributed by atoms with Crippen molar-refractivity contribution in [3.05, 3.63) is 140 Å². The van der Waals surface area contributed by atoms with Crippen LogP contribution in [0.25, 0.3) is 0 Å². The Morgan fingerprint density at radius 2 is 0.462 bits per heavy atom. The minimum Gasteiger partial charge on any atom is -0.0623 e. The molecular weight excluding hydrogens is 535 g/mol. The van der Waals surface area contributed by atoms with Crippen LogP contribution in [0.3, 0.4) is 0 Å². The predicted molar refractivity (Wildman–Crippen MR) is 117 cm³/mol. The maximum atomic E-state index is 2.09. The van der Waals surface area contributed by atoms with Gasteiger partial charge in [-0.1, -0.05) is 109 Å². The Morgan fingerprint density at radius 3 is 0.577 bits per heavy atom. The molecule has 0 spiro atoms. The summed E-state index contributed by atoms with van der Waals surface area (Å²) in [6.45, 7) is 0. The first-order valence-electron chi connectivity index (χ1n) is 8.11. The monoisotopic (exact) mass is 561 g/mol. The second-order valence-corrected chi connectivity index (χ2v) is 6.12. The van der Waals surface area contributed by atoms with Gasteiger partial charge in [0.25, 0.3) is 0 Å². The Kier molecular flexibility index (Phi) is 18.6. The van der Waals surface area contributed by atoms with E-state index in [2.05, 4.69) is 12.1 Å². The van der Waals surface area contributed by atoms with Crippen LogP contribution < -0.4 is 3.61 Å². The Bertz CT molecular complexity index is 547. The van der Waals surface area contributed by atoms with Crippen LogP contribution in [0, 0.1) is 0 Å². The molecule has 0 amide bonds. The van der Waals surface area contributed by atoms with Crippen LogP contribution in [-0.4, -0.2) is 46.2 Å². The normalized spacial score (nSPS) is 7.85. The zero-order valence-electron chi connectivity index (χ0n) is 14.7. The molecule has 4 aromatic carbocycles. The van der Waals surface area contributed by atoms with E-state index < -0.39 is 0 Å². The fourth-order valence-corrected chi connectivity index (χ4v) is 2.02. The minimum absolute atomic E-state index is 0. The molecule has 0 saturated heterocycles. The zero-order valence-corrected chi connectivity index (χ0v) is 19.9. The number of hydrogen-bond donors (Lipinski definition) is 0. The van der Waals surface area contributed by atoms with Crippen molar-refractivity contribution in [2.24, 2.45) is 0 Å². The molecule has 4 aromatic rings. The summed E-state index contributed by atoms with van der Waals surface area (Å²) in [5.41, 5.74) is 0. The van der Waals surface area contributed by atoms with Crippen molar-refractivity contribution in [2.75, 3.05) is 0 Å². The standard InChI is InChI=1S/C6H5Te.3C6H6.Sn/c7-6-4-2-1-3-5-6;3*1-2-4-6-5-3-1;/h1-5H;3*1-6H;. The fourth-order valence-electron chi connectivity index (χ4n) is 1.58. The average Bonchev–Trinajstić information content (AvgIpc) is 2.74. The third kappa shape index (κ3) is 17.3. The number of benzene rings is 4. The van der Waals surface area contributed by atoms with Gasteiger partial charge in [0.15, 0.2) is 0 Å². The van der Waals surface area contributed by atoms with Gasteiger partial charge in [-0.05, 0) is 0 Å². The second-order valence-electron chi connectivity index (χ2n) is 4.78. The number of rotatable bonds is 0. The molecule has 0 aliphatic heterocycles. The summed E-state index contributed by atoms with van der Waals surface area (Å²) in [6, 6.07) is 46.3. The number of hydrogen-bond acceptors (Lipinski definition) is 0. The van der Waals surface area contributed by atoms with Crippen molar-refractivity contribution >= 4 is 49.8 Å². The van der Waals surface area contributed by atoms with Crippen LogP contribution in [-0.2, 0) is 0 Å². The van der Waals surface area contributed by atoms with Gasteiger partial charge < -0.3 is 0 Å². The molecule has 0 aromatic heterocycles. The average molecular weight is 558 g/mol. The van der Waals surface area contributed by atoms with Gasteiger partial charge in [0, 0.05) is 23.9 Å². The van der Waals surface area contributed by atoms with Gasteiger partial charge in [-0.15, -0.1) is 0 Å². The zero-order chi connectivity index (χ0) is 17.8. The van der Waals surface area contributed by atoms with E-state index in [1.54, 1.807) is 0 Å². The molecule has 0 atom stereocenters. The first-order chi connectivity index (χ1) is 12.4. The molecule has 0 saturated carbocycles. The molecule has 0 aliphatic rings. The third-order valence-electron chi connectivity index (χ3n) is 2.74. The van der Waals surface area contributed by atoms with Crippen LogP contribution in [0.5, 0.6) is 0 Å². The Labute approximate surface area is 188 Å². The SMILES string of the molecule is [Sn].[Te]c1ccccc1.c1ccccc1.c1ccccc1.c1ccccc1. The molecule has 0 nitrogen and oxygen atoms in total. The van der Waals surface area contributed by atoms with Crippen LogP contribution >= 0.6 is 0 Å². The molecule has 26 heavy (non-hydrogen) atoms. The van der Waals surface area contributed by atoms with Crippen molar-refractivity contribution < 1.29 is 0 Å². The summed E-state index contributed by atoms with van der Waals surface area (Å²) >= 11 is 2.02. The Morgan fingerprint density at radius 1 is 0.308 bits per heavy atom. The van der Waals surface area contributed by atoms with Gasteiger partial charge in [-0.2, -0.15) is 0 Å². The van der Waals surface area contributed by atoms with Gasteiger partial charge in [0.05, 0.1) is 0 Å². The Balaban J connectivity index is 0.000000317. The van der Waals surface area contributed by atoms with E-state index in [1.807, 2.05) is 150 Å². The molecule has 4 rings (SSSR count). The minimum atomic E-state index is 0. The predicted octanol–water partition coefficient (Wildman–Crippen LogP) is 5.16. The van der Waals surface area contributed by atoms with Gasteiger partial charge in [-0.25, -0.2) is 0 Å². The Hall–Kier alpha value is -1.53. The van der Waals surface area contributed by atoms with Crippen molar-refractivity contribution in [3.63, 3.8) is 0 Å². The quantitative estimate of drug-likeness (QED) is 0.262. The van der Waals surface area contributed by atoms with Gasteiger partial charge >= 0.3 is 56.2 Å². The molecule has 5 radical (unpaired) electrons. The fraction of sp³-hybridized carbons (Fsp3) is 0. The smallest absolute Gasteiger partial charge is 0.0623 e. The van der Waals surface area contributed by atoms with E-state index >= 15 is 0 Å². The molecule has 0 fully saturated rings. The molecule has 0 heterocycles. The first-order valence-corrected chi connectivity index (χ1v) is 9.28. The summed E-state index contributed by atoms with van der Waals surface area (Å²) in [4.78, 5) is 0. The molecule has 2 heteroatoms. The maximum absolute atomic E-state index is 2.09. The van der Waals surface area contributed by atoms with Crippen molar-refractivity contribution in [3.8, 4) is 0 Å². The van der Waals surface area contributed by atoms with Gasteiger partial charge in [-0.3, -0.25) is 0 Å². The topological polar surface area (TPSA) is 0 Å². The third-order valence-corrected chi connectivity index (χ3v) is 3.52. The van der Waals surface area contributed by atoms with Crippen LogP contribution in [0.4, 0.5) is 0 Å². The summed E-state index contributed by atoms with van der Waals surface area (Å²) < 4.78 is 1.33. The van der Waals surface area contributed by atoms with E-state index in [0.717, 1.165) is 0 Å². The van der Waals surface area contributed by atoms with Crippen LogP contribution in [0.2, 0.25) is 0 Å².